The van der Waals surface area contributed by atoms with Gasteiger partial charge in [0.1, 0.15) is 5.69 Å². The maximum absolute atomic E-state index is 11.6. The van der Waals surface area contributed by atoms with Crippen molar-refractivity contribution in [3.63, 3.8) is 0 Å². The normalized spacial score (nSPS) is 16.6. The molecule has 15 heteroatoms. The number of aromatic nitrogens is 8. The Bertz CT molecular complexity index is 1690. The van der Waals surface area contributed by atoms with E-state index in [0.29, 0.717) is 41.7 Å². The van der Waals surface area contributed by atoms with Crippen LogP contribution in [0.1, 0.15) is 94.6 Å². The number of amides is 1. The molecule has 0 unspecified atom stereocenters. The summed E-state index contributed by atoms with van der Waals surface area (Å²) in [5.41, 5.74) is 12.9. The van der Waals surface area contributed by atoms with Crippen molar-refractivity contribution in [3.05, 3.63) is 46.0 Å². The van der Waals surface area contributed by atoms with Crippen molar-refractivity contribution in [2.75, 3.05) is 10.6 Å². The average molecular weight is 664 g/mol. The number of carboxylic acid groups (broad SMARTS) is 1. The quantitative estimate of drug-likeness (QED) is 0.217. The van der Waals surface area contributed by atoms with E-state index in [2.05, 4.69) is 35.8 Å². The minimum atomic E-state index is -1.23. The fraction of sp³-hybridized carbons (Fsp3) is 0.500. The predicted octanol–water partition coefficient (Wildman–Crippen LogP) is -0.873. The van der Waals surface area contributed by atoms with Crippen molar-refractivity contribution in [3.8, 4) is 22.8 Å². The third-order valence-corrected chi connectivity index (χ3v) is 9.56. The molecule has 4 aliphatic carbocycles. The molecule has 0 radical (unpaired) electrons. The van der Waals surface area contributed by atoms with Crippen LogP contribution in [-0.2, 0) is 39.8 Å². The van der Waals surface area contributed by atoms with E-state index >= 15 is 0 Å². The van der Waals surface area contributed by atoms with E-state index < -0.39 is 11.9 Å². The molecular weight excluding hydrogens is 626 g/mol. The van der Waals surface area contributed by atoms with Gasteiger partial charge >= 0.3 is 51.4 Å². The van der Waals surface area contributed by atoms with Gasteiger partial charge in [0.05, 0.1) is 28.7 Å². The number of nitrogens with two attached hydrogens (primary N) is 1. The van der Waals surface area contributed by atoms with Crippen LogP contribution >= 0.6 is 0 Å². The molecular formula is C32H38KN11O3. The van der Waals surface area contributed by atoms with Crippen LogP contribution in [0.4, 0.5) is 11.9 Å². The summed E-state index contributed by atoms with van der Waals surface area (Å²) in [5, 5.41) is 26.5. The first-order valence-electron chi connectivity index (χ1n) is 16.1. The first kappa shape index (κ1) is 33.6. The number of rotatable bonds is 6. The molecule has 4 aromatic rings. The van der Waals surface area contributed by atoms with Crippen LogP contribution in [0.5, 0.6) is 0 Å². The van der Waals surface area contributed by atoms with E-state index in [1.807, 2.05) is 19.4 Å². The Kier molecular flexibility index (Phi) is 10.1. The summed E-state index contributed by atoms with van der Waals surface area (Å²) in [5.74, 6) is -0.447. The Labute approximate surface area is 315 Å². The van der Waals surface area contributed by atoms with Crippen molar-refractivity contribution < 1.29 is 66.1 Å². The van der Waals surface area contributed by atoms with Gasteiger partial charge in [0.25, 0.3) is 5.91 Å². The summed E-state index contributed by atoms with van der Waals surface area (Å²) in [6.45, 7) is 0. The number of hydrogen-bond acceptors (Lipinski definition) is 11. The number of aryl methyl sites for hydroxylation is 4. The first-order valence-corrected chi connectivity index (χ1v) is 16.1. The summed E-state index contributed by atoms with van der Waals surface area (Å²) in [4.78, 5) is 41.1. The van der Waals surface area contributed by atoms with Gasteiger partial charge in [-0.3, -0.25) is 14.2 Å². The molecule has 0 saturated heterocycles. The predicted molar refractivity (Wildman–Crippen MR) is 168 cm³/mol. The Balaban J connectivity index is 0.000000161. The van der Waals surface area contributed by atoms with Crippen LogP contribution in [0.3, 0.4) is 0 Å². The molecule has 4 heterocycles. The van der Waals surface area contributed by atoms with Gasteiger partial charge in [-0.25, -0.2) is 19.9 Å². The van der Waals surface area contributed by atoms with Crippen LogP contribution in [0.25, 0.3) is 22.8 Å². The summed E-state index contributed by atoms with van der Waals surface area (Å²) in [6, 6.07) is 0.894. The average Bonchev–Trinajstić information content (AvgIpc) is 3.86. The summed E-state index contributed by atoms with van der Waals surface area (Å²) >= 11 is 0. The zero-order valence-electron chi connectivity index (χ0n) is 27.2. The van der Waals surface area contributed by atoms with Gasteiger partial charge in [-0.15, -0.1) is 0 Å². The Morgan fingerprint density at radius 3 is 1.60 bits per heavy atom. The summed E-state index contributed by atoms with van der Waals surface area (Å²) < 4.78 is 3.30. The number of aromatic carboxylic acids is 1. The maximum atomic E-state index is 11.6. The topological polar surface area (TPSA) is 194 Å². The van der Waals surface area contributed by atoms with E-state index in [4.69, 9.17) is 10.7 Å². The third kappa shape index (κ3) is 6.73. The number of primary amides is 1. The van der Waals surface area contributed by atoms with E-state index in [1.165, 1.54) is 38.5 Å². The number of nitrogens with zero attached hydrogens (tertiary/aromatic N) is 8. The van der Waals surface area contributed by atoms with Gasteiger partial charge in [-0.2, -0.15) is 10.2 Å². The molecule has 0 atom stereocenters. The van der Waals surface area contributed by atoms with Crippen LogP contribution in [-0.4, -0.2) is 63.5 Å². The van der Waals surface area contributed by atoms with E-state index in [9.17, 15) is 14.7 Å². The zero-order valence-corrected chi connectivity index (χ0v) is 30.3. The van der Waals surface area contributed by atoms with Crippen molar-refractivity contribution in [1.82, 2.24) is 39.5 Å². The van der Waals surface area contributed by atoms with Crippen LogP contribution in [0.15, 0.2) is 12.4 Å². The fourth-order valence-corrected chi connectivity index (χ4v) is 7.32. The minimum Gasteiger partial charge on any atom is -0.543 e. The van der Waals surface area contributed by atoms with Gasteiger partial charge in [0, 0.05) is 49.7 Å². The molecule has 2 saturated carbocycles. The van der Waals surface area contributed by atoms with Crippen molar-refractivity contribution in [1.29, 1.82) is 0 Å². The van der Waals surface area contributed by atoms with E-state index in [-0.39, 0.29) is 57.1 Å². The number of nitrogens with one attached hydrogen (secondary N) is 2. The third-order valence-electron chi connectivity index (χ3n) is 9.56. The van der Waals surface area contributed by atoms with Gasteiger partial charge < -0.3 is 26.3 Å². The number of hydrogen-bond donors (Lipinski definition) is 3. The summed E-state index contributed by atoms with van der Waals surface area (Å²) in [6.07, 6.45) is 16.2. The van der Waals surface area contributed by atoms with Crippen LogP contribution in [0, 0.1) is 0 Å². The molecule has 0 aliphatic heterocycles. The Morgan fingerprint density at radius 2 is 1.17 bits per heavy atom. The standard InChI is InChI=1S/C16H20N6O.C16H19N5O2.K/c1-22-14-11(13(21-22)15(17)23)7-6-9-8-18-16(20-12(9)14)19-10-4-2-3-5-10;1-21-14-11(13(20-21)15(22)23)7-6-9-8-17-16(19-12(9)14)18-10-4-2-3-5-10;/h8,10H,2-7H2,1H3,(H2,17,23)(H,18,19,20);8,10H,2-7H2,1H3,(H,22,23)(H,17,18,19);/q;;+1/p-1. The molecule has 1 amide bonds. The molecule has 0 bridgehead atoms. The second kappa shape index (κ2) is 14.1. The molecule has 0 aromatic carbocycles. The van der Waals surface area contributed by atoms with Gasteiger partial charge in [-0.05, 0) is 62.5 Å². The monoisotopic (exact) mass is 663 g/mol. The van der Waals surface area contributed by atoms with Crippen LogP contribution < -0.4 is 72.9 Å². The maximum Gasteiger partial charge on any atom is 1.00 e. The second-order valence-corrected chi connectivity index (χ2v) is 12.6. The number of carboxylic acids is 1. The molecule has 2 fully saturated rings. The summed E-state index contributed by atoms with van der Waals surface area (Å²) in [7, 11) is 3.57. The number of fused-ring (bicyclic) bond motifs is 6. The Hall–Kier alpha value is -3.24. The minimum absolute atomic E-state index is 0. The smallest absolute Gasteiger partial charge is 0.543 e. The SMILES string of the molecule is Cn1nc(C(=O)[O-])c2c1-c1nc(NC3CCCC3)ncc1CC2.Cn1nc(C(N)=O)c2c1-c1nc(NC3CCCC3)ncc1CC2.[K+]. The van der Waals surface area contributed by atoms with E-state index in [0.717, 1.165) is 71.6 Å². The first-order chi connectivity index (χ1) is 22.3. The number of anilines is 2. The molecule has 240 valence electrons. The van der Waals surface area contributed by atoms with Gasteiger partial charge in [0.2, 0.25) is 11.9 Å². The van der Waals surface area contributed by atoms with Crippen molar-refractivity contribution in [2.45, 2.75) is 89.1 Å². The molecule has 4 N–H and O–H groups in total. The molecule has 8 rings (SSSR count). The molecule has 0 spiro atoms. The second-order valence-electron chi connectivity index (χ2n) is 12.6. The number of carbonyl (C=O) groups is 2. The van der Waals surface area contributed by atoms with Gasteiger partial charge in [-0.1, -0.05) is 25.7 Å². The molecule has 4 aromatic heterocycles. The Morgan fingerprint density at radius 1 is 0.745 bits per heavy atom. The van der Waals surface area contributed by atoms with Gasteiger partial charge in [0.15, 0.2) is 5.69 Å². The largest absolute Gasteiger partial charge is 1.00 e. The van der Waals surface area contributed by atoms with Crippen molar-refractivity contribution in [2.24, 2.45) is 19.8 Å². The number of carbonyl (C=O) groups excluding carboxylic acids is 2. The van der Waals surface area contributed by atoms with Crippen LogP contribution in [0.2, 0.25) is 0 Å². The molecule has 14 nitrogen and oxygen atoms in total. The van der Waals surface area contributed by atoms with Crippen molar-refractivity contribution >= 4 is 23.8 Å². The zero-order chi connectivity index (χ0) is 31.9. The van der Waals surface area contributed by atoms with E-state index in [1.54, 1.807) is 16.4 Å². The molecule has 4 aliphatic rings. The fourth-order valence-electron chi connectivity index (χ4n) is 7.32. The molecule has 47 heavy (non-hydrogen) atoms.